The lowest BCUT2D eigenvalue weighted by molar-refractivity contribution is -0.143. The molecule has 1 heterocycles. The van der Waals surface area contributed by atoms with E-state index in [1.165, 1.54) is 44.5 Å². The van der Waals surface area contributed by atoms with Crippen LogP contribution in [0.1, 0.15) is 43.9 Å². The molecule has 2 atom stereocenters. The van der Waals surface area contributed by atoms with E-state index in [1.807, 2.05) is 13.8 Å². The first-order valence-corrected chi connectivity index (χ1v) is 12.4. The summed E-state index contributed by atoms with van der Waals surface area (Å²) in [6.45, 7) is 3.74. The fourth-order valence-electron chi connectivity index (χ4n) is 3.12. The van der Waals surface area contributed by atoms with Gasteiger partial charge in [0.2, 0.25) is 16.0 Å². The molecule has 0 unspecified atom stereocenters. The predicted octanol–water partition coefficient (Wildman–Crippen LogP) is 2.49. The molecule has 2 rings (SSSR count). The first-order valence-electron chi connectivity index (χ1n) is 10.6. The maximum absolute atomic E-state index is 13.5. The third-order valence-corrected chi connectivity index (χ3v) is 6.19. The maximum Gasteiger partial charge on any atom is 0.308 e. The van der Waals surface area contributed by atoms with Gasteiger partial charge in [-0.25, -0.2) is 27.1 Å². The highest BCUT2D eigenvalue weighted by molar-refractivity contribution is 7.92. The van der Waals surface area contributed by atoms with Crippen LogP contribution >= 0.6 is 0 Å². The molecular weight excluding hydrogens is 465 g/mol. The van der Waals surface area contributed by atoms with Gasteiger partial charge in [-0.1, -0.05) is 26.0 Å². The Hall–Kier alpha value is -2.89. The van der Waals surface area contributed by atoms with E-state index in [1.54, 1.807) is 6.08 Å². The van der Waals surface area contributed by atoms with Crippen molar-refractivity contribution in [2.45, 2.75) is 44.8 Å². The topological polar surface area (TPSA) is 130 Å². The number of aliphatic hydroxyl groups excluding tert-OH is 2. The predicted molar refractivity (Wildman–Crippen MR) is 127 cm³/mol. The van der Waals surface area contributed by atoms with Crippen LogP contribution in [0.15, 0.2) is 30.3 Å². The molecule has 34 heavy (non-hydrogen) atoms. The zero-order valence-electron chi connectivity index (χ0n) is 19.8. The fraction of sp³-hybridized carbons (Fsp3) is 0.435. The molecule has 0 spiro atoms. The van der Waals surface area contributed by atoms with Crippen molar-refractivity contribution >= 4 is 28.0 Å². The van der Waals surface area contributed by atoms with Crippen LogP contribution in [0.5, 0.6) is 0 Å². The number of nitrogens with zero attached hydrogens (tertiary/aromatic N) is 3. The lowest BCUT2D eigenvalue weighted by Gasteiger charge is -2.20. The van der Waals surface area contributed by atoms with Gasteiger partial charge in [-0.3, -0.25) is 4.79 Å². The molecule has 0 fully saturated rings. The summed E-state index contributed by atoms with van der Waals surface area (Å²) in [5, 5.41) is 20.3. The molecule has 0 aliphatic carbocycles. The Morgan fingerprint density at radius 2 is 1.82 bits per heavy atom. The first kappa shape index (κ1) is 27.4. The Labute approximate surface area is 199 Å². The number of hydrogen-bond donors (Lipinski definition) is 2. The molecule has 2 aromatic rings. The number of halogens is 1. The summed E-state index contributed by atoms with van der Waals surface area (Å²) >= 11 is 0. The van der Waals surface area contributed by atoms with Gasteiger partial charge in [0.25, 0.3) is 0 Å². The van der Waals surface area contributed by atoms with Gasteiger partial charge in [0.1, 0.15) is 5.82 Å². The summed E-state index contributed by atoms with van der Waals surface area (Å²) in [5.74, 6) is -1.24. The summed E-state index contributed by atoms with van der Waals surface area (Å²) < 4.78 is 43.2. The number of aliphatic hydroxyl groups is 2. The van der Waals surface area contributed by atoms with Crippen molar-refractivity contribution in [2.24, 2.45) is 0 Å². The van der Waals surface area contributed by atoms with Crippen LogP contribution < -0.4 is 4.31 Å². The van der Waals surface area contributed by atoms with Crippen molar-refractivity contribution in [3.63, 3.8) is 0 Å². The van der Waals surface area contributed by atoms with E-state index in [0.717, 1.165) is 10.6 Å². The Bertz CT molecular complexity index is 1140. The molecule has 0 amide bonds. The van der Waals surface area contributed by atoms with E-state index < -0.39 is 34.0 Å². The Morgan fingerprint density at radius 1 is 1.21 bits per heavy atom. The van der Waals surface area contributed by atoms with Crippen LogP contribution in [0.4, 0.5) is 10.3 Å². The standard InChI is InChI=1S/C23H30FN3O6S/c1-14(2)21-19(11-10-17(28)12-18(29)13-20(30)33-4)22(15-6-8-16(24)9-7-15)26-23(25-21)27(3)34(5,31)32/h6-11,14,17-18,28-29H,12-13H2,1-5H3/b11-10+/t17-,18+/m0/s1. The van der Waals surface area contributed by atoms with Crippen LogP contribution in [-0.2, 0) is 19.6 Å². The minimum Gasteiger partial charge on any atom is -0.469 e. The van der Waals surface area contributed by atoms with E-state index in [-0.39, 0.29) is 24.7 Å². The molecule has 9 nitrogen and oxygen atoms in total. The average Bonchev–Trinajstić information content (AvgIpc) is 2.76. The number of sulfonamides is 1. The molecule has 0 saturated carbocycles. The van der Waals surface area contributed by atoms with Gasteiger partial charge in [0.15, 0.2) is 0 Å². The summed E-state index contributed by atoms with van der Waals surface area (Å²) in [6.07, 6.45) is 1.48. The molecule has 0 aliphatic heterocycles. The number of ether oxygens (including phenoxy) is 1. The third-order valence-electron chi connectivity index (χ3n) is 5.04. The molecular formula is C23H30FN3O6S. The molecule has 0 aliphatic rings. The molecule has 11 heteroatoms. The van der Waals surface area contributed by atoms with Crippen molar-refractivity contribution in [1.29, 1.82) is 0 Å². The van der Waals surface area contributed by atoms with Gasteiger partial charge in [-0.2, -0.15) is 0 Å². The number of esters is 1. The second-order valence-electron chi connectivity index (χ2n) is 8.16. The smallest absolute Gasteiger partial charge is 0.308 e. The summed E-state index contributed by atoms with van der Waals surface area (Å²) in [6, 6.07) is 5.55. The van der Waals surface area contributed by atoms with Gasteiger partial charge in [-0.15, -0.1) is 0 Å². The van der Waals surface area contributed by atoms with E-state index in [0.29, 0.717) is 22.5 Å². The highest BCUT2D eigenvalue weighted by Gasteiger charge is 2.22. The highest BCUT2D eigenvalue weighted by atomic mass is 32.2. The normalized spacial score (nSPS) is 13.8. The monoisotopic (exact) mass is 495 g/mol. The van der Waals surface area contributed by atoms with Crippen molar-refractivity contribution < 1.29 is 32.6 Å². The SMILES string of the molecule is COC(=O)C[C@H](O)C[C@@H](O)/C=C/c1c(-c2ccc(F)cc2)nc(N(C)S(C)(=O)=O)nc1C(C)C. The highest BCUT2D eigenvalue weighted by Crippen LogP contribution is 2.31. The summed E-state index contributed by atoms with van der Waals surface area (Å²) in [7, 11) is -1.10. The van der Waals surface area contributed by atoms with Crippen molar-refractivity contribution in [2.75, 3.05) is 24.7 Å². The summed E-state index contributed by atoms with van der Waals surface area (Å²) in [4.78, 5) is 20.2. The fourth-order valence-corrected chi connectivity index (χ4v) is 3.50. The number of carbonyl (C=O) groups excluding carboxylic acids is 1. The van der Waals surface area contributed by atoms with Crippen molar-refractivity contribution in [3.05, 3.63) is 47.4 Å². The molecule has 0 saturated heterocycles. The van der Waals surface area contributed by atoms with Gasteiger partial charge in [-0.05, 0) is 30.2 Å². The second kappa shape index (κ2) is 11.5. The largest absolute Gasteiger partial charge is 0.469 e. The van der Waals surface area contributed by atoms with Crippen LogP contribution in [0.25, 0.3) is 17.3 Å². The lowest BCUT2D eigenvalue weighted by atomic mass is 9.97. The average molecular weight is 496 g/mol. The second-order valence-corrected chi connectivity index (χ2v) is 10.2. The zero-order chi connectivity index (χ0) is 25.6. The zero-order valence-corrected chi connectivity index (χ0v) is 20.6. The first-order chi connectivity index (χ1) is 15.8. The number of rotatable bonds is 10. The van der Waals surface area contributed by atoms with E-state index in [4.69, 9.17) is 0 Å². The number of aromatic nitrogens is 2. The lowest BCUT2D eigenvalue weighted by Crippen LogP contribution is -2.27. The number of methoxy groups -OCH3 is 1. The van der Waals surface area contributed by atoms with Crippen LogP contribution in [0.3, 0.4) is 0 Å². The van der Waals surface area contributed by atoms with Gasteiger partial charge in [0, 0.05) is 24.6 Å². The minimum absolute atomic E-state index is 0.0447. The van der Waals surface area contributed by atoms with Crippen LogP contribution in [0, 0.1) is 5.82 Å². The molecule has 1 aromatic heterocycles. The molecule has 0 radical (unpaired) electrons. The van der Waals surface area contributed by atoms with Crippen LogP contribution in [-0.4, -0.2) is 67.2 Å². The maximum atomic E-state index is 13.5. The molecule has 2 N–H and O–H groups in total. The number of benzene rings is 1. The number of hydrogen-bond acceptors (Lipinski definition) is 8. The Morgan fingerprint density at radius 3 is 2.35 bits per heavy atom. The van der Waals surface area contributed by atoms with Crippen molar-refractivity contribution in [1.82, 2.24) is 9.97 Å². The molecule has 1 aromatic carbocycles. The van der Waals surface area contributed by atoms with Crippen molar-refractivity contribution in [3.8, 4) is 11.3 Å². The van der Waals surface area contributed by atoms with Gasteiger partial charge >= 0.3 is 5.97 Å². The third kappa shape index (κ3) is 7.31. The van der Waals surface area contributed by atoms with Crippen LogP contribution in [0.2, 0.25) is 0 Å². The van der Waals surface area contributed by atoms with E-state index in [9.17, 15) is 27.8 Å². The minimum atomic E-state index is -3.64. The Balaban J connectivity index is 2.57. The quantitative estimate of drug-likeness (QED) is 0.481. The number of carbonyl (C=O) groups is 1. The molecule has 0 bridgehead atoms. The van der Waals surface area contributed by atoms with Gasteiger partial charge < -0.3 is 14.9 Å². The van der Waals surface area contributed by atoms with Gasteiger partial charge in [0.05, 0.1) is 43.4 Å². The molecule has 186 valence electrons. The Kier molecular flexibility index (Phi) is 9.25. The van der Waals surface area contributed by atoms with E-state index >= 15 is 0 Å². The summed E-state index contributed by atoms with van der Waals surface area (Å²) in [5.41, 5.74) is 1.89. The number of anilines is 1. The van der Waals surface area contributed by atoms with E-state index in [2.05, 4.69) is 14.7 Å².